The molecule has 2 aliphatic heterocycles. The van der Waals surface area contributed by atoms with Crippen LogP contribution in [0, 0.1) is 0 Å². The van der Waals surface area contributed by atoms with Crippen molar-refractivity contribution in [3.63, 3.8) is 0 Å². The lowest BCUT2D eigenvalue weighted by molar-refractivity contribution is -0.138. The fourth-order valence-corrected chi connectivity index (χ4v) is 3.98. The number of carboxylic acid groups (broad SMARTS) is 1. The van der Waals surface area contributed by atoms with Gasteiger partial charge in [0.05, 0.1) is 19.7 Å². The highest BCUT2D eigenvalue weighted by atomic mass is 32.2. The Morgan fingerprint density at radius 3 is 2.90 bits per heavy atom. The number of nitrogens with one attached hydrogen (secondary N) is 1. The number of carboxylic acids is 1. The molecule has 0 aromatic heterocycles. The van der Waals surface area contributed by atoms with Crippen molar-refractivity contribution in [2.24, 2.45) is 10.2 Å². The highest BCUT2D eigenvalue weighted by molar-refractivity contribution is 8.15. The van der Waals surface area contributed by atoms with Crippen molar-refractivity contribution in [1.82, 2.24) is 10.2 Å². The molecule has 2 fully saturated rings. The minimum absolute atomic E-state index is 0.254. The number of benzene rings is 1. The number of thioether (sulfide) groups is 1. The third-order valence-corrected chi connectivity index (χ3v) is 5.62. The zero-order valence-electron chi connectivity index (χ0n) is 16.2. The fourth-order valence-electron chi connectivity index (χ4n) is 3.07. The van der Waals surface area contributed by atoms with Gasteiger partial charge in [-0.2, -0.15) is 5.10 Å². The first kappa shape index (κ1) is 21.1. The Bertz CT molecular complexity index is 808. The molecule has 0 saturated carbocycles. The lowest BCUT2D eigenvalue weighted by atomic mass is 10.2. The highest BCUT2D eigenvalue weighted by Gasteiger charge is 2.32. The van der Waals surface area contributed by atoms with Gasteiger partial charge in [-0.05, 0) is 49.7 Å². The number of nitrogens with zero attached hydrogens (tertiary/aromatic N) is 3. The first-order chi connectivity index (χ1) is 14.0. The van der Waals surface area contributed by atoms with Gasteiger partial charge in [-0.3, -0.25) is 14.5 Å². The van der Waals surface area contributed by atoms with E-state index in [1.165, 1.54) is 19.1 Å². The van der Waals surface area contributed by atoms with Gasteiger partial charge in [0, 0.05) is 6.54 Å². The van der Waals surface area contributed by atoms with Gasteiger partial charge in [0.1, 0.15) is 11.9 Å². The minimum Gasteiger partial charge on any atom is -0.493 e. The Labute approximate surface area is 173 Å². The number of rotatable bonds is 9. The van der Waals surface area contributed by atoms with Crippen molar-refractivity contribution >= 4 is 35.0 Å². The standard InChI is InChI=1S/C19H24N4O5S/c1-27-15-10-13(4-5-14(15)28-9-8-23-6-2-3-7-23)12-20-22-19-21-18(26)16(29-19)11-17(24)25/h4-5,10,12,16H,2-3,6-9,11H2,1H3,(H,24,25)(H,21,22,26). The van der Waals surface area contributed by atoms with E-state index in [9.17, 15) is 9.59 Å². The molecule has 2 N–H and O–H groups in total. The van der Waals surface area contributed by atoms with Crippen LogP contribution in [0.4, 0.5) is 0 Å². The van der Waals surface area contributed by atoms with Crippen molar-refractivity contribution in [3.05, 3.63) is 23.8 Å². The summed E-state index contributed by atoms with van der Waals surface area (Å²) in [6.07, 6.45) is 3.78. The van der Waals surface area contributed by atoms with Crippen LogP contribution in [0.25, 0.3) is 0 Å². The number of likely N-dealkylation sites (tertiary alicyclic amines) is 1. The Morgan fingerprint density at radius 1 is 1.38 bits per heavy atom. The number of hydrogen-bond donors (Lipinski definition) is 2. The molecule has 9 nitrogen and oxygen atoms in total. The zero-order chi connectivity index (χ0) is 20.6. The monoisotopic (exact) mass is 420 g/mol. The summed E-state index contributed by atoms with van der Waals surface area (Å²) in [4.78, 5) is 24.8. The van der Waals surface area contributed by atoms with Crippen molar-refractivity contribution in [2.45, 2.75) is 24.5 Å². The van der Waals surface area contributed by atoms with Gasteiger partial charge in [0.2, 0.25) is 5.91 Å². The van der Waals surface area contributed by atoms with Crippen molar-refractivity contribution in [2.75, 3.05) is 33.4 Å². The van der Waals surface area contributed by atoms with Gasteiger partial charge in [-0.15, -0.1) is 5.10 Å². The second-order valence-corrected chi connectivity index (χ2v) is 7.84. The molecule has 1 aromatic carbocycles. The number of amidine groups is 1. The van der Waals surface area contributed by atoms with Gasteiger partial charge in [-0.25, -0.2) is 0 Å². The first-order valence-corrected chi connectivity index (χ1v) is 10.3. The van der Waals surface area contributed by atoms with Crippen molar-refractivity contribution in [3.8, 4) is 11.5 Å². The zero-order valence-corrected chi connectivity index (χ0v) is 17.0. The third kappa shape index (κ3) is 6.20. The maximum Gasteiger partial charge on any atom is 0.305 e. The molecule has 0 aliphatic carbocycles. The predicted molar refractivity (Wildman–Crippen MR) is 111 cm³/mol. The normalized spacial score (nSPS) is 21.1. The van der Waals surface area contributed by atoms with Gasteiger partial charge < -0.3 is 19.9 Å². The number of carbonyl (C=O) groups is 2. The van der Waals surface area contributed by atoms with E-state index >= 15 is 0 Å². The van der Waals surface area contributed by atoms with Gasteiger partial charge in [0.15, 0.2) is 16.7 Å². The molecule has 10 heteroatoms. The van der Waals surface area contributed by atoms with Crippen molar-refractivity contribution in [1.29, 1.82) is 0 Å². The first-order valence-electron chi connectivity index (χ1n) is 9.38. The van der Waals surface area contributed by atoms with E-state index in [0.29, 0.717) is 18.1 Å². The molecule has 0 bridgehead atoms. The summed E-state index contributed by atoms with van der Waals surface area (Å²) in [5, 5.41) is 18.8. The van der Waals surface area contributed by atoms with Crippen LogP contribution in [0.15, 0.2) is 28.4 Å². The Balaban J connectivity index is 1.55. The molecule has 156 valence electrons. The summed E-state index contributed by atoms with van der Waals surface area (Å²) in [6.45, 7) is 3.77. The van der Waals surface area contributed by atoms with E-state index in [1.807, 2.05) is 12.1 Å². The molecular weight excluding hydrogens is 396 g/mol. The molecule has 0 spiro atoms. The maximum atomic E-state index is 11.7. The van der Waals surface area contributed by atoms with E-state index in [2.05, 4.69) is 20.4 Å². The highest BCUT2D eigenvalue weighted by Crippen LogP contribution is 2.28. The van der Waals surface area contributed by atoms with Crippen LogP contribution in [-0.4, -0.2) is 71.9 Å². The number of aliphatic carboxylic acids is 1. The van der Waals surface area contributed by atoms with Gasteiger partial charge in [0.25, 0.3) is 0 Å². The van der Waals surface area contributed by atoms with E-state index in [4.69, 9.17) is 14.6 Å². The second kappa shape index (κ2) is 10.3. The summed E-state index contributed by atoms with van der Waals surface area (Å²) in [6, 6.07) is 5.46. The Morgan fingerprint density at radius 2 is 2.17 bits per heavy atom. The number of hydrogen-bond acceptors (Lipinski definition) is 8. The fraction of sp³-hybridized carbons (Fsp3) is 0.474. The van der Waals surface area contributed by atoms with E-state index in [0.717, 1.165) is 37.0 Å². The molecule has 0 radical (unpaired) electrons. The Kier molecular flexibility index (Phi) is 7.48. The topological polar surface area (TPSA) is 113 Å². The largest absolute Gasteiger partial charge is 0.493 e. The molecular formula is C19H24N4O5S. The van der Waals surface area contributed by atoms with Gasteiger partial charge >= 0.3 is 5.97 Å². The lowest BCUT2D eigenvalue weighted by Gasteiger charge is -2.16. The van der Waals surface area contributed by atoms with Crippen LogP contribution in [0.1, 0.15) is 24.8 Å². The number of carbonyl (C=O) groups excluding carboxylic acids is 1. The summed E-state index contributed by atoms with van der Waals surface area (Å²) in [7, 11) is 1.58. The third-order valence-electron chi connectivity index (χ3n) is 4.54. The van der Waals surface area contributed by atoms with Crippen molar-refractivity contribution < 1.29 is 24.2 Å². The number of ether oxygens (including phenoxy) is 2. The molecule has 2 heterocycles. The minimum atomic E-state index is -1.03. The van der Waals surface area contributed by atoms with E-state index in [1.54, 1.807) is 13.2 Å². The molecule has 3 rings (SSSR count). The smallest absolute Gasteiger partial charge is 0.305 e. The summed E-state index contributed by atoms with van der Waals surface area (Å²) < 4.78 is 11.2. The Hall–Kier alpha value is -2.59. The molecule has 2 saturated heterocycles. The molecule has 1 aromatic rings. The van der Waals surface area contributed by atoms with Crippen LogP contribution in [0.3, 0.4) is 0 Å². The molecule has 1 atom stereocenters. The number of amides is 1. The quantitative estimate of drug-likeness (QED) is 0.460. The van der Waals surface area contributed by atoms with Crippen LogP contribution in [0.2, 0.25) is 0 Å². The van der Waals surface area contributed by atoms with Gasteiger partial charge in [-0.1, -0.05) is 11.8 Å². The predicted octanol–water partition coefficient (Wildman–Crippen LogP) is 1.57. The molecule has 1 amide bonds. The average molecular weight is 420 g/mol. The average Bonchev–Trinajstić information content (AvgIpc) is 3.32. The van der Waals surface area contributed by atoms with E-state index < -0.39 is 11.2 Å². The molecule has 1 unspecified atom stereocenters. The van der Waals surface area contributed by atoms with Crippen LogP contribution < -0.4 is 14.8 Å². The summed E-state index contributed by atoms with van der Waals surface area (Å²) in [5.41, 5.74) is 0.759. The maximum absolute atomic E-state index is 11.7. The lowest BCUT2D eigenvalue weighted by Crippen LogP contribution is -2.26. The second-order valence-electron chi connectivity index (χ2n) is 6.65. The summed E-state index contributed by atoms with van der Waals surface area (Å²) in [5.74, 6) is -0.126. The van der Waals surface area contributed by atoms with E-state index in [-0.39, 0.29) is 17.5 Å². The van der Waals surface area contributed by atoms with Crippen LogP contribution in [0.5, 0.6) is 11.5 Å². The number of methoxy groups -OCH3 is 1. The van der Waals surface area contributed by atoms with Crippen LogP contribution >= 0.6 is 11.8 Å². The SMILES string of the molecule is COc1cc(C=NN=C2NC(=O)C(CC(=O)O)S2)ccc1OCCN1CCCC1. The molecule has 29 heavy (non-hydrogen) atoms. The summed E-state index contributed by atoms with van der Waals surface area (Å²) >= 11 is 1.06. The molecule has 2 aliphatic rings. The van der Waals surface area contributed by atoms with Crippen LogP contribution in [-0.2, 0) is 9.59 Å².